The molecule has 3 aromatic rings. The van der Waals surface area contributed by atoms with Crippen LogP contribution in [0.1, 0.15) is 26.5 Å². The first-order valence-electron chi connectivity index (χ1n) is 9.46. The monoisotopic (exact) mass is 510 g/mol. The molecule has 0 saturated heterocycles. The Balaban J connectivity index is 2.01. The number of ether oxygens (including phenoxy) is 1. The number of rotatable bonds is 7. The predicted octanol–water partition coefficient (Wildman–Crippen LogP) is 4.25. The Kier molecular flexibility index (Phi) is 7.13. The van der Waals surface area contributed by atoms with E-state index in [4.69, 9.17) is 5.26 Å². The zero-order valence-corrected chi connectivity index (χ0v) is 19.4. The molecule has 0 radical (unpaired) electrons. The van der Waals surface area contributed by atoms with Gasteiger partial charge in [-0.2, -0.15) is 5.26 Å². The van der Waals surface area contributed by atoms with E-state index in [2.05, 4.69) is 9.72 Å². The van der Waals surface area contributed by atoms with E-state index in [0.29, 0.717) is 26.8 Å². The average Bonchev–Trinajstić information content (AvgIpc) is 3.11. The fraction of sp³-hybridized carbons (Fsp3) is 0.190. The minimum absolute atomic E-state index is 0.0427. The van der Waals surface area contributed by atoms with E-state index >= 15 is 0 Å². The third-order valence-electron chi connectivity index (χ3n) is 4.29. The molecule has 0 saturated carbocycles. The summed E-state index contributed by atoms with van der Waals surface area (Å²) in [4.78, 5) is 18.7. The number of benzene rings is 2. The van der Waals surface area contributed by atoms with Gasteiger partial charge in [-0.1, -0.05) is 12.1 Å². The molecule has 1 N–H and O–H groups in total. The number of hydrogen-bond donors (Lipinski definition) is 1. The summed E-state index contributed by atoms with van der Waals surface area (Å²) in [5, 5.41) is 9.36. The number of amides is 1. The fourth-order valence-corrected chi connectivity index (χ4v) is 4.29. The van der Waals surface area contributed by atoms with Crippen LogP contribution in [0.3, 0.4) is 0 Å². The second-order valence-electron chi connectivity index (χ2n) is 7.04. The smallest absolute Gasteiger partial charge is 0.406 e. The second-order valence-corrected chi connectivity index (χ2v) is 9.97. The standard InChI is InChI=1S/C21H17F3N4O4S2/c1-13-18(19(29)27-34(2,30)31)26-20(33-13)28(16-8-6-14(11-25)7-9-16)12-15-4-3-5-17(10-15)32-21(22,23)24/h3-10H,12H2,1-2H3,(H,27,29). The first-order chi connectivity index (χ1) is 15.8. The lowest BCUT2D eigenvalue weighted by Crippen LogP contribution is -2.30. The van der Waals surface area contributed by atoms with Crippen LogP contribution in [-0.4, -0.2) is 31.9 Å². The van der Waals surface area contributed by atoms with Crippen molar-refractivity contribution < 1.29 is 31.1 Å². The van der Waals surface area contributed by atoms with Crippen LogP contribution in [0.25, 0.3) is 0 Å². The molecule has 178 valence electrons. The SMILES string of the molecule is Cc1sc(N(Cc2cccc(OC(F)(F)F)c2)c2ccc(C#N)cc2)nc1C(=O)NS(C)(=O)=O. The van der Waals surface area contributed by atoms with Crippen molar-refractivity contribution in [3.63, 3.8) is 0 Å². The van der Waals surface area contributed by atoms with Gasteiger partial charge in [-0.25, -0.2) is 18.1 Å². The van der Waals surface area contributed by atoms with Crippen molar-refractivity contribution in [2.24, 2.45) is 0 Å². The molecular formula is C21H17F3N4O4S2. The largest absolute Gasteiger partial charge is 0.573 e. The van der Waals surface area contributed by atoms with Crippen molar-refractivity contribution in [2.75, 3.05) is 11.2 Å². The number of alkyl halides is 3. The molecule has 0 aliphatic heterocycles. The summed E-state index contributed by atoms with van der Waals surface area (Å²) in [5.41, 5.74) is 1.29. The quantitative estimate of drug-likeness (QED) is 0.506. The van der Waals surface area contributed by atoms with E-state index in [1.807, 2.05) is 10.8 Å². The summed E-state index contributed by atoms with van der Waals surface area (Å²) in [6.07, 6.45) is -4.01. The Morgan fingerprint density at radius 1 is 1.24 bits per heavy atom. The number of carbonyl (C=O) groups excluding carboxylic acids is 1. The third kappa shape index (κ3) is 6.69. The molecule has 1 heterocycles. The lowest BCUT2D eigenvalue weighted by molar-refractivity contribution is -0.274. The maximum atomic E-state index is 12.6. The molecular weight excluding hydrogens is 493 g/mol. The van der Waals surface area contributed by atoms with Crippen LogP contribution in [0.5, 0.6) is 5.75 Å². The number of aromatic nitrogens is 1. The summed E-state index contributed by atoms with van der Waals surface area (Å²) in [6, 6.07) is 13.8. The minimum atomic E-state index is -4.85. The maximum absolute atomic E-state index is 12.6. The Bertz CT molecular complexity index is 1350. The first kappa shape index (κ1) is 25.0. The molecule has 0 unspecified atom stereocenters. The molecule has 0 aliphatic carbocycles. The third-order valence-corrected chi connectivity index (χ3v) is 5.84. The van der Waals surface area contributed by atoms with Gasteiger partial charge in [-0.05, 0) is 48.9 Å². The van der Waals surface area contributed by atoms with Gasteiger partial charge in [0.1, 0.15) is 11.4 Å². The Labute approximate surface area is 197 Å². The van der Waals surface area contributed by atoms with E-state index in [0.717, 1.165) is 17.6 Å². The van der Waals surface area contributed by atoms with Gasteiger partial charge in [0.2, 0.25) is 10.0 Å². The van der Waals surface area contributed by atoms with E-state index in [-0.39, 0.29) is 12.2 Å². The van der Waals surface area contributed by atoms with Gasteiger partial charge in [0.25, 0.3) is 5.91 Å². The van der Waals surface area contributed by atoms with Gasteiger partial charge in [0.05, 0.1) is 24.4 Å². The summed E-state index contributed by atoms with van der Waals surface area (Å²) in [5.74, 6) is -1.30. The highest BCUT2D eigenvalue weighted by atomic mass is 32.2. The lowest BCUT2D eigenvalue weighted by atomic mass is 10.1. The molecule has 1 aromatic heterocycles. The fourth-order valence-electron chi connectivity index (χ4n) is 2.93. The number of halogens is 3. The number of hydrogen-bond acceptors (Lipinski definition) is 8. The number of carbonyl (C=O) groups is 1. The molecule has 34 heavy (non-hydrogen) atoms. The van der Waals surface area contributed by atoms with Gasteiger partial charge in [-0.3, -0.25) is 4.79 Å². The molecule has 8 nitrogen and oxygen atoms in total. The lowest BCUT2D eigenvalue weighted by Gasteiger charge is -2.22. The van der Waals surface area contributed by atoms with E-state index in [9.17, 15) is 26.4 Å². The highest BCUT2D eigenvalue weighted by Crippen LogP contribution is 2.34. The topological polar surface area (TPSA) is 112 Å². The number of nitrogens with one attached hydrogen (secondary N) is 1. The normalized spacial score (nSPS) is 11.5. The number of thiazole rings is 1. The van der Waals surface area contributed by atoms with E-state index < -0.39 is 28.0 Å². The molecule has 3 rings (SSSR count). The van der Waals surface area contributed by atoms with Crippen molar-refractivity contribution in [3.8, 4) is 11.8 Å². The van der Waals surface area contributed by atoms with Crippen molar-refractivity contribution in [1.29, 1.82) is 5.26 Å². The van der Waals surface area contributed by atoms with Gasteiger partial charge in [0, 0.05) is 10.6 Å². The molecule has 1 amide bonds. The van der Waals surface area contributed by atoms with Gasteiger partial charge in [0.15, 0.2) is 5.13 Å². The number of anilines is 2. The first-order valence-corrected chi connectivity index (χ1v) is 12.2. The van der Waals surface area contributed by atoms with Crippen LogP contribution >= 0.6 is 11.3 Å². The maximum Gasteiger partial charge on any atom is 0.573 e. The van der Waals surface area contributed by atoms with Gasteiger partial charge in [-0.15, -0.1) is 24.5 Å². The number of sulfonamides is 1. The minimum Gasteiger partial charge on any atom is -0.406 e. The molecule has 0 spiro atoms. The van der Waals surface area contributed by atoms with E-state index in [1.165, 1.54) is 18.2 Å². The second kappa shape index (κ2) is 9.70. The highest BCUT2D eigenvalue weighted by Gasteiger charge is 2.31. The molecule has 0 atom stereocenters. The van der Waals surface area contributed by atoms with Crippen LogP contribution in [0.2, 0.25) is 0 Å². The Morgan fingerprint density at radius 2 is 1.91 bits per heavy atom. The summed E-state index contributed by atoms with van der Waals surface area (Å²) in [7, 11) is -3.81. The van der Waals surface area contributed by atoms with Crippen LogP contribution in [0, 0.1) is 18.3 Å². The summed E-state index contributed by atoms with van der Waals surface area (Å²) < 4.78 is 66.6. The van der Waals surface area contributed by atoms with Crippen LogP contribution in [0.15, 0.2) is 48.5 Å². The van der Waals surface area contributed by atoms with E-state index in [1.54, 1.807) is 42.2 Å². The van der Waals surface area contributed by atoms with Crippen LogP contribution in [-0.2, 0) is 16.6 Å². The predicted molar refractivity (Wildman–Crippen MR) is 119 cm³/mol. The zero-order valence-electron chi connectivity index (χ0n) is 17.8. The number of aryl methyl sites for hydroxylation is 1. The van der Waals surface area contributed by atoms with Crippen molar-refractivity contribution in [3.05, 3.63) is 70.2 Å². The highest BCUT2D eigenvalue weighted by molar-refractivity contribution is 7.89. The Hall–Kier alpha value is -3.63. The molecule has 0 aliphatic rings. The summed E-state index contributed by atoms with van der Waals surface area (Å²) >= 11 is 1.10. The molecule has 2 aromatic carbocycles. The van der Waals surface area contributed by atoms with Gasteiger partial charge >= 0.3 is 6.36 Å². The molecule has 13 heteroatoms. The molecule has 0 fully saturated rings. The van der Waals surface area contributed by atoms with Crippen LogP contribution < -0.4 is 14.4 Å². The Morgan fingerprint density at radius 3 is 2.50 bits per heavy atom. The van der Waals surface area contributed by atoms with Crippen molar-refractivity contribution >= 4 is 38.1 Å². The average molecular weight is 511 g/mol. The number of nitriles is 1. The van der Waals surface area contributed by atoms with Crippen molar-refractivity contribution in [2.45, 2.75) is 19.8 Å². The zero-order chi connectivity index (χ0) is 25.1. The summed E-state index contributed by atoms with van der Waals surface area (Å²) in [6.45, 7) is 1.63. The number of nitrogens with zero attached hydrogens (tertiary/aromatic N) is 3. The van der Waals surface area contributed by atoms with Crippen LogP contribution in [0.4, 0.5) is 24.0 Å². The van der Waals surface area contributed by atoms with Gasteiger partial charge < -0.3 is 9.64 Å². The molecule has 0 bridgehead atoms. The van der Waals surface area contributed by atoms with Crippen molar-refractivity contribution in [1.82, 2.24) is 9.71 Å².